The van der Waals surface area contributed by atoms with Crippen molar-refractivity contribution in [3.8, 4) is 0 Å². The molecule has 88 valence electrons. The summed E-state index contributed by atoms with van der Waals surface area (Å²) < 4.78 is 2.05. The third kappa shape index (κ3) is 1.89. The Balaban J connectivity index is 1.85. The van der Waals surface area contributed by atoms with Gasteiger partial charge < -0.3 is 10.6 Å². The fourth-order valence-electron chi connectivity index (χ4n) is 2.19. The van der Waals surface area contributed by atoms with Crippen molar-refractivity contribution < 1.29 is 0 Å². The lowest BCUT2D eigenvalue weighted by Crippen LogP contribution is -2.33. The van der Waals surface area contributed by atoms with Gasteiger partial charge in [-0.05, 0) is 18.2 Å². The van der Waals surface area contributed by atoms with Gasteiger partial charge in [0.25, 0.3) is 0 Å². The van der Waals surface area contributed by atoms with Gasteiger partial charge in [-0.3, -0.25) is 9.67 Å². The van der Waals surface area contributed by atoms with Crippen LogP contribution in [0.5, 0.6) is 0 Å². The highest BCUT2D eigenvalue weighted by Gasteiger charge is 2.18. The Morgan fingerprint density at radius 3 is 3.06 bits per heavy atom. The van der Waals surface area contributed by atoms with Crippen LogP contribution in [0.4, 0.5) is 5.69 Å². The molecule has 1 aliphatic rings. The Morgan fingerprint density at radius 1 is 1.35 bits per heavy atom. The lowest BCUT2D eigenvalue weighted by molar-refractivity contribution is 0.516. The van der Waals surface area contributed by atoms with Crippen LogP contribution in [0.2, 0.25) is 0 Å². The molecule has 0 fully saturated rings. The highest BCUT2D eigenvalue weighted by Crippen LogP contribution is 2.20. The molecule has 3 heterocycles. The SMILES string of the molecule is NCc1cc2n(n1)CCN(c1cccnc1)C2. The maximum atomic E-state index is 5.61. The average molecular weight is 229 g/mol. The molecule has 0 spiro atoms. The van der Waals surface area contributed by atoms with E-state index in [1.807, 2.05) is 12.3 Å². The molecule has 3 rings (SSSR count). The predicted molar refractivity (Wildman–Crippen MR) is 65.4 cm³/mol. The van der Waals surface area contributed by atoms with Gasteiger partial charge in [-0.15, -0.1) is 0 Å². The van der Waals surface area contributed by atoms with Gasteiger partial charge >= 0.3 is 0 Å². The zero-order chi connectivity index (χ0) is 11.7. The number of aromatic nitrogens is 3. The maximum Gasteiger partial charge on any atom is 0.0763 e. The second kappa shape index (κ2) is 4.18. The lowest BCUT2D eigenvalue weighted by atomic mass is 10.2. The highest BCUT2D eigenvalue weighted by atomic mass is 15.3. The highest BCUT2D eigenvalue weighted by molar-refractivity contribution is 5.44. The molecule has 0 amide bonds. The molecule has 0 atom stereocenters. The van der Waals surface area contributed by atoms with E-state index in [0.717, 1.165) is 31.0 Å². The summed E-state index contributed by atoms with van der Waals surface area (Å²) in [5.74, 6) is 0. The van der Waals surface area contributed by atoms with Crippen molar-refractivity contribution in [1.29, 1.82) is 0 Å². The molecule has 17 heavy (non-hydrogen) atoms. The molecule has 0 unspecified atom stereocenters. The molecule has 5 heteroatoms. The van der Waals surface area contributed by atoms with Gasteiger partial charge in [0.1, 0.15) is 0 Å². The van der Waals surface area contributed by atoms with Gasteiger partial charge in [0.15, 0.2) is 0 Å². The number of pyridine rings is 1. The zero-order valence-corrected chi connectivity index (χ0v) is 9.58. The number of anilines is 1. The van der Waals surface area contributed by atoms with Crippen LogP contribution >= 0.6 is 0 Å². The van der Waals surface area contributed by atoms with E-state index in [9.17, 15) is 0 Å². The van der Waals surface area contributed by atoms with Crippen molar-refractivity contribution in [2.45, 2.75) is 19.6 Å². The Bertz CT molecular complexity index is 505. The number of rotatable bonds is 2. The lowest BCUT2D eigenvalue weighted by Gasteiger charge is -2.29. The summed E-state index contributed by atoms with van der Waals surface area (Å²) in [5, 5.41) is 4.45. The molecular weight excluding hydrogens is 214 g/mol. The van der Waals surface area contributed by atoms with Gasteiger partial charge in [-0.25, -0.2) is 0 Å². The van der Waals surface area contributed by atoms with Gasteiger partial charge in [-0.1, -0.05) is 0 Å². The van der Waals surface area contributed by atoms with Gasteiger partial charge in [0.2, 0.25) is 0 Å². The van der Waals surface area contributed by atoms with E-state index in [-0.39, 0.29) is 0 Å². The van der Waals surface area contributed by atoms with Gasteiger partial charge in [0, 0.05) is 19.3 Å². The van der Waals surface area contributed by atoms with Crippen molar-refractivity contribution in [3.63, 3.8) is 0 Å². The Morgan fingerprint density at radius 2 is 2.29 bits per heavy atom. The van der Waals surface area contributed by atoms with E-state index in [1.165, 1.54) is 5.69 Å². The molecule has 0 radical (unpaired) electrons. The first kappa shape index (κ1) is 10.3. The summed E-state index contributed by atoms with van der Waals surface area (Å²) in [6, 6.07) is 6.14. The Hall–Kier alpha value is -1.88. The van der Waals surface area contributed by atoms with E-state index < -0.39 is 0 Å². The maximum absolute atomic E-state index is 5.61. The summed E-state index contributed by atoms with van der Waals surface area (Å²) in [4.78, 5) is 6.46. The van der Waals surface area contributed by atoms with E-state index in [0.29, 0.717) is 6.54 Å². The summed E-state index contributed by atoms with van der Waals surface area (Å²) in [6.07, 6.45) is 3.69. The minimum atomic E-state index is 0.507. The average Bonchev–Trinajstić information content (AvgIpc) is 2.81. The minimum Gasteiger partial charge on any atom is -0.363 e. The van der Waals surface area contributed by atoms with Crippen LogP contribution < -0.4 is 10.6 Å². The zero-order valence-electron chi connectivity index (χ0n) is 9.58. The third-order valence-electron chi connectivity index (χ3n) is 3.07. The molecule has 2 aromatic rings. The monoisotopic (exact) mass is 229 g/mol. The molecule has 2 aromatic heterocycles. The van der Waals surface area contributed by atoms with Crippen LogP contribution in [0.25, 0.3) is 0 Å². The van der Waals surface area contributed by atoms with E-state index >= 15 is 0 Å². The van der Waals surface area contributed by atoms with Crippen LogP contribution in [0.15, 0.2) is 30.6 Å². The number of hydrogen-bond donors (Lipinski definition) is 1. The summed E-state index contributed by atoms with van der Waals surface area (Å²) in [6.45, 7) is 3.25. The molecule has 2 N–H and O–H groups in total. The second-order valence-electron chi connectivity index (χ2n) is 4.19. The quantitative estimate of drug-likeness (QED) is 0.825. The molecule has 0 aliphatic carbocycles. The fraction of sp³-hybridized carbons (Fsp3) is 0.333. The smallest absolute Gasteiger partial charge is 0.0763 e. The van der Waals surface area contributed by atoms with E-state index in [2.05, 4.69) is 31.8 Å². The largest absolute Gasteiger partial charge is 0.363 e. The summed E-state index contributed by atoms with van der Waals surface area (Å²) >= 11 is 0. The summed E-state index contributed by atoms with van der Waals surface area (Å²) in [7, 11) is 0. The van der Waals surface area contributed by atoms with Crippen LogP contribution in [0.1, 0.15) is 11.4 Å². The first-order valence-corrected chi connectivity index (χ1v) is 5.77. The molecule has 0 aromatic carbocycles. The van der Waals surface area contributed by atoms with Crippen LogP contribution in [-0.2, 0) is 19.6 Å². The van der Waals surface area contributed by atoms with E-state index in [4.69, 9.17) is 5.73 Å². The van der Waals surface area contributed by atoms with Crippen molar-refractivity contribution in [1.82, 2.24) is 14.8 Å². The minimum absolute atomic E-state index is 0.507. The molecule has 5 nitrogen and oxygen atoms in total. The van der Waals surface area contributed by atoms with Crippen molar-refractivity contribution in [2.75, 3.05) is 11.4 Å². The van der Waals surface area contributed by atoms with Crippen LogP contribution in [0.3, 0.4) is 0 Å². The molecule has 0 saturated carbocycles. The number of hydrogen-bond acceptors (Lipinski definition) is 4. The normalized spacial score (nSPS) is 14.8. The molecule has 0 bridgehead atoms. The Kier molecular flexibility index (Phi) is 2.53. The summed E-state index contributed by atoms with van der Waals surface area (Å²) in [5.41, 5.74) is 8.96. The standard InChI is InChI=1S/C12H15N5/c13-7-10-6-12-9-16(4-5-17(12)15-10)11-2-1-3-14-8-11/h1-3,6,8H,4-5,7,9,13H2. The topological polar surface area (TPSA) is 60.0 Å². The third-order valence-corrected chi connectivity index (χ3v) is 3.07. The predicted octanol–water partition coefficient (Wildman–Crippen LogP) is 0.757. The fourth-order valence-corrected chi connectivity index (χ4v) is 2.19. The van der Waals surface area contributed by atoms with Crippen LogP contribution in [0, 0.1) is 0 Å². The van der Waals surface area contributed by atoms with E-state index in [1.54, 1.807) is 6.20 Å². The van der Waals surface area contributed by atoms with Gasteiger partial charge in [-0.2, -0.15) is 5.10 Å². The first-order chi connectivity index (χ1) is 8.36. The van der Waals surface area contributed by atoms with Crippen molar-refractivity contribution in [2.24, 2.45) is 5.73 Å². The molecular formula is C12H15N5. The molecule has 0 saturated heterocycles. The van der Waals surface area contributed by atoms with Crippen molar-refractivity contribution in [3.05, 3.63) is 42.0 Å². The second-order valence-corrected chi connectivity index (χ2v) is 4.19. The first-order valence-electron chi connectivity index (χ1n) is 5.77. The number of nitrogens with zero attached hydrogens (tertiary/aromatic N) is 4. The number of nitrogens with two attached hydrogens (primary N) is 1. The Labute approximate surface area is 99.9 Å². The van der Waals surface area contributed by atoms with Crippen LogP contribution in [-0.4, -0.2) is 21.3 Å². The van der Waals surface area contributed by atoms with Crippen molar-refractivity contribution >= 4 is 5.69 Å². The van der Waals surface area contributed by atoms with Gasteiger partial charge in [0.05, 0.1) is 36.4 Å². The number of fused-ring (bicyclic) bond motifs is 1. The molecule has 1 aliphatic heterocycles.